The van der Waals surface area contributed by atoms with Crippen LogP contribution < -0.4 is 4.90 Å². The Labute approximate surface area is 148 Å². The number of amides is 2. The van der Waals surface area contributed by atoms with E-state index >= 15 is 0 Å². The molecule has 3 aromatic rings. The Bertz CT molecular complexity index is 979. The number of imide groups is 1. The zero-order chi connectivity index (χ0) is 16.1. The fourth-order valence-electron chi connectivity index (χ4n) is 2.78. The van der Waals surface area contributed by atoms with Gasteiger partial charge >= 0.3 is 0 Å². The minimum absolute atomic E-state index is 0.306. The van der Waals surface area contributed by atoms with Crippen LogP contribution in [-0.2, 0) is 0 Å². The second-order valence-corrected chi connectivity index (χ2v) is 6.87. The smallest absolute Gasteiger partial charge is 0.267 e. The van der Waals surface area contributed by atoms with E-state index in [1.807, 2.05) is 18.2 Å². The zero-order valence-corrected chi connectivity index (χ0v) is 14.8. The standard InChI is InChI=1S/C17H8Br2N2O2/c18-9-6-7-20-14(8-9)21-16(22)11-3-1-2-10-13(19)5-4-12(15(10)11)17(21)23/h1-8H. The van der Waals surface area contributed by atoms with Gasteiger partial charge < -0.3 is 0 Å². The Hall–Kier alpha value is -2.05. The predicted octanol–water partition coefficient (Wildman–Crippen LogP) is 4.56. The molecule has 0 fully saturated rings. The van der Waals surface area contributed by atoms with Gasteiger partial charge in [-0.15, -0.1) is 0 Å². The minimum Gasteiger partial charge on any atom is -0.268 e. The summed E-state index contributed by atoms with van der Waals surface area (Å²) in [6.07, 6.45) is 1.55. The van der Waals surface area contributed by atoms with E-state index in [1.165, 1.54) is 0 Å². The number of pyridine rings is 1. The van der Waals surface area contributed by atoms with Gasteiger partial charge in [-0.05, 0) is 35.7 Å². The summed E-state index contributed by atoms with van der Waals surface area (Å²) in [6, 6.07) is 12.4. The van der Waals surface area contributed by atoms with E-state index in [2.05, 4.69) is 36.8 Å². The van der Waals surface area contributed by atoms with Crippen molar-refractivity contribution in [2.45, 2.75) is 0 Å². The molecule has 2 amide bonds. The quantitative estimate of drug-likeness (QED) is 0.530. The molecule has 1 aromatic heterocycles. The maximum absolute atomic E-state index is 12.9. The second-order valence-electron chi connectivity index (χ2n) is 5.10. The molecule has 1 aliphatic heterocycles. The van der Waals surface area contributed by atoms with Gasteiger partial charge in [-0.3, -0.25) is 9.59 Å². The SMILES string of the molecule is O=C1c2cccc3c(Br)ccc(c23)C(=O)N1c1cc(Br)ccn1. The fourth-order valence-corrected chi connectivity index (χ4v) is 3.57. The van der Waals surface area contributed by atoms with Crippen molar-refractivity contribution in [3.8, 4) is 0 Å². The lowest BCUT2D eigenvalue weighted by atomic mass is 9.94. The lowest BCUT2D eigenvalue weighted by Crippen LogP contribution is -2.41. The van der Waals surface area contributed by atoms with Crippen molar-refractivity contribution in [2.24, 2.45) is 0 Å². The molecule has 1 aliphatic rings. The number of hydrogen-bond acceptors (Lipinski definition) is 3. The highest BCUT2D eigenvalue weighted by Crippen LogP contribution is 2.35. The van der Waals surface area contributed by atoms with Crippen molar-refractivity contribution >= 4 is 60.3 Å². The summed E-state index contributed by atoms with van der Waals surface area (Å²) in [5.41, 5.74) is 1.00. The number of aromatic nitrogens is 1. The fraction of sp³-hybridized carbons (Fsp3) is 0. The number of benzene rings is 2. The normalized spacial score (nSPS) is 13.7. The van der Waals surface area contributed by atoms with E-state index < -0.39 is 0 Å². The lowest BCUT2D eigenvalue weighted by Gasteiger charge is -2.26. The summed E-state index contributed by atoms with van der Waals surface area (Å²) in [6.45, 7) is 0. The zero-order valence-electron chi connectivity index (χ0n) is 11.6. The average Bonchev–Trinajstić information content (AvgIpc) is 2.54. The summed E-state index contributed by atoms with van der Waals surface area (Å²) < 4.78 is 1.61. The van der Waals surface area contributed by atoms with Crippen molar-refractivity contribution in [3.05, 3.63) is 68.7 Å². The third-order valence-electron chi connectivity index (χ3n) is 3.79. The molecule has 23 heavy (non-hydrogen) atoms. The Balaban J connectivity index is 2.01. The summed E-state index contributed by atoms with van der Waals surface area (Å²) in [5, 5.41) is 1.53. The molecule has 0 atom stereocenters. The van der Waals surface area contributed by atoms with Crippen molar-refractivity contribution in [2.75, 3.05) is 4.90 Å². The molecule has 0 aliphatic carbocycles. The van der Waals surface area contributed by atoms with Crippen LogP contribution in [0.1, 0.15) is 20.7 Å². The molecule has 112 valence electrons. The number of anilines is 1. The maximum Gasteiger partial charge on any atom is 0.267 e. The van der Waals surface area contributed by atoms with Gasteiger partial charge in [0, 0.05) is 31.7 Å². The highest BCUT2D eigenvalue weighted by molar-refractivity contribution is 9.11. The van der Waals surface area contributed by atoms with Crippen LogP contribution in [0.2, 0.25) is 0 Å². The van der Waals surface area contributed by atoms with Gasteiger partial charge in [-0.2, -0.15) is 0 Å². The van der Waals surface area contributed by atoms with Crippen molar-refractivity contribution in [3.63, 3.8) is 0 Å². The topological polar surface area (TPSA) is 50.3 Å². The number of rotatable bonds is 1. The largest absolute Gasteiger partial charge is 0.268 e. The molecule has 0 spiro atoms. The molecular weight excluding hydrogens is 424 g/mol. The van der Waals surface area contributed by atoms with Crippen LogP contribution in [0, 0.1) is 0 Å². The highest BCUT2D eigenvalue weighted by Gasteiger charge is 2.35. The summed E-state index contributed by atoms with van der Waals surface area (Å²) in [7, 11) is 0. The molecule has 0 N–H and O–H groups in total. The van der Waals surface area contributed by atoms with Gasteiger partial charge in [0.1, 0.15) is 5.82 Å². The molecule has 2 aromatic carbocycles. The third kappa shape index (κ3) is 2.13. The highest BCUT2D eigenvalue weighted by atomic mass is 79.9. The van der Waals surface area contributed by atoms with Gasteiger partial charge in [-0.1, -0.05) is 44.0 Å². The molecule has 2 heterocycles. The van der Waals surface area contributed by atoms with E-state index in [0.29, 0.717) is 22.3 Å². The van der Waals surface area contributed by atoms with Gasteiger partial charge in [0.05, 0.1) is 0 Å². The predicted molar refractivity (Wildman–Crippen MR) is 94.7 cm³/mol. The number of carbonyl (C=O) groups excluding carboxylic acids is 2. The second kappa shape index (κ2) is 5.25. The van der Waals surface area contributed by atoms with Crippen LogP contribution in [0.25, 0.3) is 10.8 Å². The number of halogens is 2. The first-order valence-corrected chi connectivity index (χ1v) is 8.38. The monoisotopic (exact) mass is 430 g/mol. The first-order valence-electron chi connectivity index (χ1n) is 6.79. The first-order chi connectivity index (χ1) is 11.1. The average molecular weight is 432 g/mol. The van der Waals surface area contributed by atoms with Crippen LogP contribution in [0.3, 0.4) is 0 Å². The summed E-state index contributed by atoms with van der Waals surface area (Å²) >= 11 is 6.82. The van der Waals surface area contributed by atoms with Crippen LogP contribution >= 0.6 is 31.9 Å². The van der Waals surface area contributed by atoms with Crippen LogP contribution in [-0.4, -0.2) is 16.8 Å². The molecule has 0 saturated carbocycles. The third-order valence-corrected chi connectivity index (χ3v) is 4.98. The lowest BCUT2D eigenvalue weighted by molar-refractivity contribution is 0.0892. The van der Waals surface area contributed by atoms with Crippen molar-refractivity contribution < 1.29 is 9.59 Å². The van der Waals surface area contributed by atoms with Gasteiger partial charge in [0.15, 0.2) is 0 Å². The Morgan fingerprint density at radius 1 is 0.913 bits per heavy atom. The van der Waals surface area contributed by atoms with E-state index in [0.717, 1.165) is 19.2 Å². The molecule has 0 bridgehead atoms. The van der Waals surface area contributed by atoms with Crippen LogP contribution in [0.4, 0.5) is 5.82 Å². The molecule has 0 saturated heterocycles. The molecule has 0 radical (unpaired) electrons. The van der Waals surface area contributed by atoms with Crippen LogP contribution in [0.5, 0.6) is 0 Å². The van der Waals surface area contributed by atoms with Gasteiger partial charge in [0.25, 0.3) is 11.8 Å². The molecule has 4 rings (SSSR count). The minimum atomic E-state index is -0.364. The maximum atomic E-state index is 12.9. The van der Waals surface area contributed by atoms with Crippen LogP contribution in [0.15, 0.2) is 57.6 Å². The van der Waals surface area contributed by atoms with Crippen molar-refractivity contribution in [1.29, 1.82) is 0 Å². The van der Waals surface area contributed by atoms with Gasteiger partial charge in [0.2, 0.25) is 0 Å². The van der Waals surface area contributed by atoms with E-state index in [9.17, 15) is 9.59 Å². The molecule has 0 unspecified atom stereocenters. The Morgan fingerprint density at radius 3 is 2.39 bits per heavy atom. The first kappa shape index (κ1) is 14.5. The Morgan fingerprint density at radius 2 is 1.65 bits per heavy atom. The molecular formula is C17H8Br2N2O2. The van der Waals surface area contributed by atoms with E-state index in [-0.39, 0.29) is 11.8 Å². The van der Waals surface area contributed by atoms with E-state index in [4.69, 9.17) is 0 Å². The Kier molecular flexibility index (Phi) is 3.32. The van der Waals surface area contributed by atoms with Gasteiger partial charge in [-0.25, -0.2) is 9.88 Å². The number of nitrogens with zero attached hydrogens (tertiary/aromatic N) is 2. The van der Waals surface area contributed by atoms with Crippen molar-refractivity contribution in [1.82, 2.24) is 4.98 Å². The van der Waals surface area contributed by atoms with E-state index in [1.54, 1.807) is 30.5 Å². The molecule has 4 nitrogen and oxygen atoms in total. The summed E-state index contributed by atoms with van der Waals surface area (Å²) in [4.78, 5) is 31.0. The number of carbonyl (C=O) groups is 2. The number of hydrogen-bond donors (Lipinski definition) is 0. The molecule has 6 heteroatoms. The summed E-state index contributed by atoms with van der Waals surface area (Å²) in [5.74, 6) is -0.423.